The van der Waals surface area contributed by atoms with Crippen molar-refractivity contribution in [2.75, 3.05) is 11.4 Å². The summed E-state index contributed by atoms with van der Waals surface area (Å²) in [5, 5.41) is 3.47. The van der Waals surface area contributed by atoms with Gasteiger partial charge in [-0.05, 0) is 55.0 Å². The van der Waals surface area contributed by atoms with Crippen molar-refractivity contribution >= 4 is 29.3 Å². The van der Waals surface area contributed by atoms with Crippen molar-refractivity contribution in [2.45, 2.75) is 23.4 Å². The maximum atomic E-state index is 13.0. The number of nitrogens with one attached hydrogen (secondary N) is 1. The topological polar surface area (TPSA) is 62.3 Å². The lowest BCUT2D eigenvalue weighted by Crippen LogP contribution is -2.30. The normalized spacial score (nSPS) is 12.8. The molecule has 4 rings (SSSR count). The molecule has 1 aliphatic rings. The van der Waals surface area contributed by atoms with E-state index >= 15 is 0 Å². The molecule has 2 aromatic carbocycles. The highest BCUT2D eigenvalue weighted by Crippen LogP contribution is 2.40. The smallest absolute Gasteiger partial charge is 0.261 e. The fraction of sp³-hybridized carbons (Fsp3) is 0.136. The second-order valence-corrected chi connectivity index (χ2v) is 7.53. The van der Waals surface area contributed by atoms with E-state index in [0.717, 1.165) is 16.1 Å². The van der Waals surface area contributed by atoms with Gasteiger partial charge in [0.2, 0.25) is 0 Å². The molecular weight excluding hydrogens is 389 g/mol. The van der Waals surface area contributed by atoms with Gasteiger partial charge < -0.3 is 10.2 Å². The molecule has 5 nitrogen and oxygen atoms in total. The fourth-order valence-corrected chi connectivity index (χ4v) is 4.21. The summed E-state index contributed by atoms with van der Waals surface area (Å²) in [6.45, 7) is 2.72. The highest BCUT2D eigenvalue weighted by atomic mass is 32.2. The van der Waals surface area contributed by atoms with E-state index in [9.17, 15) is 14.0 Å². The largest absolute Gasteiger partial charge is 0.348 e. The van der Waals surface area contributed by atoms with Gasteiger partial charge in [0.05, 0.1) is 11.3 Å². The van der Waals surface area contributed by atoms with Crippen LogP contribution in [0.2, 0.25) is 0 Å². The summed E-state index contributed by atoms with van der Waals surface area (Å²) in [6, 6.07) is 14.8. The number of amides is 2. The zero-order chi connectivity index (χ0) is 20.4. The number of fused-ring (bicyclic) bond motifs is 2. The molecule has 0 fully saturated rings. The first-order valence-electron chi connectivity index (χ1n) is 9.18. The Labute approximate surface area is 172 Å². The minimum Gasteiger partial charge on any atom is -0.348 e. The number of carbonyl (C=O) groups is 2. The molecule has 2 heterocycles. The van der Waals surface area contributed by atoms with Crippen LogP contribution < -0.4 is 10.2 Å². The highest BCUT2D eigenvalue weighted by molar-refractivity contribution is 7.99. The lowest BCUT2D eigenvalue weighted by molar-refractivity contribution is 0.0949. The highest BCUT2D eigenvalue weighted by Gasteiger charge is 2.27. The van der Waals surface area contributed by atoms with Crippen molar-refractivity contribution in [3.05, 3.63) is 83.3 Å². The van der Waals surface area contributed by atoms with Crippen molar-refractivity contribution in [1.29, 1.82) is 0 Å². The second-order valence-electron chi connectivity index (χ2n) is 6.50. The van der Waals surface area contributed by atoms with E-state index in [-0.39, 0.29) is 17.6 Å². The number of benzene rings is 2. The van der Waals surface area contributed by atoms with Crippen LogP contribution >= 0.6 is 11.8 Å². The number of rotatable bonds is 4. The van der Waals surface area contributed by atoms with E-state index in [4.69, 9.17) is 0 Å². The molecule has 0 bridgehead atoms. The lowest BCUT2D eigenvalue weighted by atomic mass is 10.1. The van der Waals surface area contributed by atoms with Crippen molar-refractivity contribution < 1.29 is 14.0 Å². The molecular formula is C22H18FN3O2S. The van der Waals surface area contributed by atoms with E-state index in [1.54, 1.807) is 53.6 Å². The molecule has 0 atom stereocenters. The second kappa shape index (κ2) is 8.05. The first kappa shape index (κ1) is 19.1. The maximum absolute atomic E-state index is 13.0. The van der Waals surface area contributed by atoms with Crippen molar-refractivity contribution in [2.24, 2.45) is 0 Å². The van der Waals surface area contributed by atoms with Gasteiger partial charge in [-0.3, -0.25) is 9.59 Å². The minimum atomic E-state index is -0.313. The van der Waals surface area contributed by atoms with Gasteiger partial charge in [-0.2, -0.15) is 0 Å². The lowest BCUT2D eigenvalue weighted by Gasteiger charge is -2.21. The molecule has 7 heteroatoms. The zero-order valence-electron chi connectivity index (χ0n) is 15.7. The Morgan fingerprint density at radius 3 is 2.72 bits per heavy atom. The van der Waals surface area contributed by atoms with E-state index in [1.807, 2.05) is 6.92 Å². The van der Waals surface area contributed by atoms with Crippen LogP contribution in [0.25, 0.3) is 0 Å². The van der Waals surface area contributed by atoms with Crippen LogP contribution in [-0.4, -0.2) is 23.3 Å². The standard InChI is InChI=1S/C22H18FN3O2S/c1-2-26-18-10-7-15(20(27)25-13-14-5-8-16(23)9-6-14)12-19(18)29-21-17(22(26)28)4-3-11-24-21/h3-12H,2,13H2,1H3,(H,25,27). The average Bonchev–Trinajstić information content (AvgIpc) is 2.86. The molecule has 1 aliphatic heterocycles. The summed E-state index contributed by atoms with van der Waals surface area (Å²) < 4.78 is 13.0. The van der Waals surface area contributed by atoms with Gasteiger partial charge in [-0.1, -0.05) is 23.9 Å². The third-order valence-corrected chi connectivity index (χ3v) is 5.71. The SMILES string of the molecule is CCN1C(=O)c2cccnc2Sc2cc(C(=O)NCc3ccc(F)cc3)ccc21. The minimum absolute atomic E-state index is 0.102. The quantitative estimate of drug-likeness (QED) is 0.701. The van der Waals surface area contributed by atoms with E-state index in [0.29, 0.717) is 29.2 Å². The Balaban J connectivity index is 1.61. The van der Waals surface area contributed by atoms with Gasteiger partial charge in [0.25, 0.3) is 11.8 Å². The van der Waals surface area contributed by atoms with Gasteiger partial charge in [0, 0.05) is 29.7 Å². The van der Waals surface area contributed by atoms with Gasteiger partial charge >= 0.3 is 0 Å². The van der Waals surface area contributed by atoms with Crippen molar-refractivity contribution in [3.63, 3.8) is 0 Å². The average molecular weight is 407 g/mol. The van der Waals surface area contributed by atoms with Gasteiger partial charge in [0.1, 0.15) is 10.8 Å². The summed E-state index contributed by atoms with van der Waals surface area (Å²) >= 11 is 1.38. The van der Waals surface area contributed by atoms with Crippen LogP contribution in [0.3, 0.4) is 0 Å². The van der Waals surface area contributed by atoms with Gasteiger partial charge in [-0.15, -0.1) is 0 Å². The molecule has 29 heavy (non-hydrogen) atoms. The van der Waals surface area contributed by atoms with Gasteiger partial charge in [0.15, 0.2) is 0 Å². The predicted molar refractivity (Wildman–Crippen MR) is 110 cm³/mol. The first-order valence-corrected chi connectivity index (χ1v) is 10.00. The summed E-state index contributed by atoms with van der Waals surface area (Å²) in [4.78, 5) is 32.4. The van der Waals surface area contributed by atoms with Crippen LogP contribution in [0.4, 0.5) is 10.1 Å². The van der Waals surface area contributed by atoms with Crippen molar-refractivity contribution in [3.8, 4) is 0 Å². The summed E-state index contributed by atoms with van der Waals surface area (Å²) in [7, 11) is 0. The summed E-state index contributed by atoms with van der Waals surface area (Å²) in [6.07, 6.45) is 1.65. The molecule has 2 amide bonds. The molecule has 1 N–H and O–H groups in total. The number of nitrogens with zero attached hydrogens (tertiary/aromatic N) is 2. The van der Waals surface area contributed by atoms with E-state index < -0.39 is 0 Å². The molecule has 146 valence electrons. The van der Waals surface area contributed by atoms with E-state index in [2.05, 4.69) is 10.3 Å². The molecule has 0 saturated carbocycles. The maximum Gasteiger partial charge on any atom is 0.261 e. The Bertz CT molecular complexity index is 1090. The molecule has 0 aliphatic carbocycles. The Morgan fingerprint density at radius 2 is 1.97 bits per heavy atom. The monoisotopic (exact) mass is 407 g/mol. The molecule has 0 spiro atoms. The molecule has 1 aromatic heterocycles. The number of pyridine rings is 1. The Morgan fingerprint density at radius 1 is 1.17 bits per heavy atom. The van der Waals surface area contributed by atoms with Gasteiger partial charge in [-0.25, -0.2) is 9.37 Å². The Kier molecular flexibility index (Phi) is 5.31. The van der Waals surface area contributed by atoms with Crippen LogP contribution in [0.5, 0.6) is 0 Å². The third-order valence-electron chi connectivity index (χ3n) is 4.65. The first-order chi connectivity index (χ1) is 14.1. The number of carbonyl (C=O) groups excluding carboxylic acids is 2. The number of halogens is 1. The van der Waals surface area contributed by atoms with Crippen LogP contribution in [-0.2, 0) is 6.54 Å². The molecule has 0 saturated heterocycles. The molecule has 0 unspecified atom stereocenters. The van der Waals surface area contributed by atoms with Crippen LogP contribution in [0.15, 0.2) is 70.7 Å². The van der Waals surface area contributed by atoms with Crippen molar-refractivity contribution in [1.82, 2.24) is 10.3 Å². The number of hydrogen-bond acceptors (Lipinski definition) is 4. The van der Waals surface area contributed by atoms with E-state index in [1.165, 1.54) is 23.9 Å². The number of aromatic nitrogens is 1. The van der Waals surface area contributed by atoms with Crippen LogP contribution in [0.1, 0.15) is 33.2 Å². The third kappa shape index (κ3) is 3.86. The number of hydrogen-bond donors (Lipinski definition) is 1. The molecule has 0 radical (unpaired) electrons. The Hall–Kier alpha value is -3.19. The molecule has 3 aromatic rings. The zero-order valence-corrected chi connectivity index (χ0v) is 16.5. The predicted octanol–water partition coefficient (Wildman–Crippen LogP) is 4.28. The summed E-state index contributed by atoms with van der Waals surface area (Å²) in [5.74, 6) is -0.653. The van der Waals surface area contributed by atoms with Crippen LogP contribution in [0, 0.1) is 5.82 Å². The summed E-state index contributed by atoms with van der Waals surface area (Å²) in [5.41, 5.74) is 2.61. The number of anilines is 1. The fourth-order valence-electron chi connectivity index (χ4n) is 3.15.